The van der Waals surface area contributed by atoms with E-state index in [0.717, 1.165) is 16.9 Å². The second-order valence-electron chi connectivity index (χ2n) is 5.95. The van der Waals surface area contributed by atoms with Crippen LogP contribution in [0.15, 0.2) is 53.6 Å². The second kappa shape index (κ2) is 10.3. The van der Waals surface area contributed by atoms with E-state index in [1.54, 1.807) is 38.3 Å². The molecule has 27 heavy (non-hydrogen) atoms. The van der Waals surface area contributed by atoms with Gasteiger partial charge in [0.2, 0.25) is 11.8 Å². The minimum Gasteiger partial charge on any atom is -0.496 e. The monoisotopic (exact) mass is 387 g/mol. The highest BCUT2D eigenvalue weighted by atomic mass is 35.5. The molecule has 0 saturated heterocycles. The third-order valence-corrected chi connectivity index (χ3v) is 3.99. The Morgan fingerprint density at radius 1 is 1.07 bits per heavy atom. The topological polar surface area (TPSA) is 79.8 Å². The lowest BCUT2D eigenvalue weighted by atomic mass is 10.1. The van der Waals surface area contributed by atoms with Crippen molar-refractivity contribution in [3.05, 3.63) is 64.7 Å². The van der Waals surface area contributed by atoms with Gasteiger partial charge in [0.1, 0.15) is 5.75 Å². The average Bonchev–Trinajstić information content (AvgIpc) is 2.67. The smallest absolute Gasteiger partial charge is 0.244 e. The molecule has 0 spiro atoms. The largest absolute Gasteiger partial charge is 0.496 e. The SMILES string of the molecule is COc1ccccc1CNC(=O)C/C(C)=N\NC(=O)Cc1ccc(Cl)cc1. The maximum atomic E-state index is 12.0. The number of hydrazone groups is 1. The van der Waals surface area contributed by atoms with E-state index in [1.807, 2.05) is 24.3 Å². The number of hydrogen-bond acceptors (Lipinski definition) is 4. The number of ether oxygens (including phenoxy) is 1. The molecule has 0 aliphatic carbocycles. The van der Waals surface area contributed by atoms with Gasteiger partial charge in [0.15, 0.2) is 0 Å². The van der Waals surface area contributed by atoms with Gasteiger partial charge in [-0.15, -0.1) is 0 Å². The number of hydrogen-bond donors (Lipinski definition) is 2. The number of para-hydroxylation sites is 1. The molecule has 0 radical (unpaired) electrons. The first-order valence-electron chi connectivity index (χ1n) is 8.43. The van der Waals surface area contributed by atoms with Crippen molar-refractivity contribution in [3.8, 4) is 5.75 Å². The zero-order chi connectivity index (χ0) is 19.6. The van der Waals surface area contributed by atoms with E-state index in [1.165, 1.54) is 0 Å². The summed E-state index contributed by atoms with van der Waals surface area (Å²) in [5, 5.41) is 7.40. The predicted octanol–water partition coefficient (Wildman–Crippen LogP) is 3.09. The fourth-order valence-electron chi connectivity index (χ4n) is 2.36. The van der Waals surface area contributed by atoms with Crippen molar-refractivity contribution in [2.45, 2.75) is 26.3 Å². The lowest BCUT2D eigenvalue weighted by Gasteiger charge is -2.09. The quantitative estimate of drug-likeness (QED) is 0.539. The number of nitrogens with one attached hydrogen (secondary N) is 2. The number of amides is 2. The molecule has 2 rings (SSSR count). The first kappa shape index (κ1) is 20.5. The molecule has 0 unspecified atom stereocenters. The average molecular weight is 388 g/mol. The number of methoxy groups -OCH3 is 1. The van der Waals surface area contributed by atoms with Crippen LogP contribution in [-0.2, 0) is 22.6 Å². The van der Waals surface area contributed by atoms with Crippen LogP contribution in [0.4, 0.5) is 0 Å². The number of halogens is 1. The number of carbonyl (C=O) groups is 2. The lowest BCUT2D eigenvalue weighted by Crippen LogP contribution is -2.26. The summed E-state index contributed by atoms with van der Waals surface area (Å²) in [6.45, 7) is 2.05. The van der Waals surface area contributed by atoms with Gasteiger partial charge in [0.25, 0.3) is 0 Å². The highest BCUT2D eigenvalue weighted by molar-refractivity contribution is 6.30. The van der Waals surface area contributed by atoms with Crippen LogP contribution in [0.25, 0.3) is 0 Å². The summed E-state index contributed by atoms with van der Waals surface area (Å²) in [6, 6.07) is 14.5. The third-order valence-electron chi connectivity index (χ3n) is 3.73. The van der Waals surface area contributed by atoms with E-state index in [-0.39, 0.29) is 24.7 Å². The van der Waals surface area contributed by atoms with Gasteiger partial charge < -0.3 is 10.1 Å². The van der Waals surface area contributed by atoms with Gasteiger partial charge in [0, 0.05) is 22.8 Å². The normalized spacial score (nSPS) is 11.0. The molecule has 2 aromatic carbocycles. The first-order valence-corrected chi connectivity index (χ1v) is 8.80. The van der Waals surface area contributed by atoms with Crippen molar-refractivity contribution in [1.29, 1.82) is 0 Å². The zero-order valence-electron chi connectivity index (χ0n) is 15.3. The summed E-state index contributed by atoms with van der Waals surface area (Å²) >= 11 is 5.81. The van der Waals surface area contributed by atoms with E-state index in [9.17, 15) is 9.59 Å². The van der Waals surface area contributed by atoms with E-state index in [4.69, 9.17) is 16.3 Å². The summed E-state index contributed by atoms with van der Waals surface area (Å²) in [5.74, 6) is 0.276. The van der Waals surface area contributed by atoms with Crippen LogP contribution in [0.2, 0.25) is 5.02 Å². The summed E-state index contributed by atoms with van der Waals surface area (Å²) < 4.78 is 5.25. The molecule has 0 aromatic heterocycles. The molecule has 2 amide bonds. The van der Waals surface area contributed by atoms with Crippen molar-refractivity contribution in [2.24, 2.45) is 5.10 Å². The van der Waals surface area contributed by atoms with Gasteiger partial charge in [-0.2, -0.15) is 5.10 Å². The number of carbonyl (C=O) groups excluding carboxylic acids is 2. The summed E-state index contributed by atoms with van der Waals surface area (Å²) in [5.41, 5.74) is 4.69. The molecule has 0 atom stereocenters. The summed E-state index contributed by atoms with van der Waals surface area (Å²) in [6.07, 6.45) is 0.282. The summed E-state index contributed by atoms with van der Waals surface area (Å²) in [4.78, 5) is 23.9. The van der Waals surface area contributed by atoms with Crippen LogP contribution < -0.4 is 15.5 Å². The number of benzene rings is 2. The molecule has 6 nitrogen and oxygen atoms in total. The molecule has 2 aromatic rings. The lowest BCUT2D eigenvalue weighted by molar-refractivity contribution is -0.121. The van der Waals surface area contributed by atoms with E-state index in [0.29, 0.717) is 17.3 Å². The second-order valence-corrected chi connectivity index (χ2v) is 6.39. The predicted molar refractivity (Wildman–Crippen MR) is 106 cm³/mol. The van der Waals surface area contributed by atoms with Crippen molar-refractivity contribution in [3.63, 3.8) is 0 Å². The van der Waals surface area contributed by atoms with Crippen LogP contribution >= 0.6 is 11.6 Å². The highest BCUT2D eigenvalue weighted by Gasteiger charge is 2.07. The first-order chi connectivity index (χ1) is 13.0. The Morgan fingerprint density at radius 3 is 2.48 bits per heavy atom. The molecule has 7 heteroatoms. The minimum absolute atomic E-state index is 0.0936. The van der Waals surface area contributed by atoms with Gasteiger partial charge in [-0.1, -0.05) is 41.9 Å². The minimum atomic E-state index is -0.258. The Labute approximate surface area is 163 Å². The van der Waals surface area contributed by atoms with Crippen LogP contribution in [0.1, 0.15) is 24.5 Å². The van der Waals surface area contributed by atoms with Gasteiger partial charge in [-0.3, -0.25) is 9.59 Å². The number of nitrogens with zero attached hydrogens (tertiary/aromatic N) is 1. The number of rotatable bonds is 8. The highest BCUT2D eigenvalue weighted by Crippen LogP contribution is 2.16. The van der Waals surface area contributed by atoms with E-state index < -0.39 is 0 Å². The molecular weight excluding hydrogens is 366 g/mol. The van der Waals surface area contributed by atoms with Gasteiger partial charge >= 0.3 is 0 Å². The molecule has 0 saturated carbocycles. The summed E-state index contributed by atoms with van der Waals surface area (Å²) in [7, 11) is 1.59. The van der Waals surface area contributed by atoms with Crippen molar-refractivity contribution < 1.29 is 14.3 Å². The Bertz CT molecular complexity index is 819. The molecule has 142 valence electrons. The Kier molecular flexibility index (Phi) is 7.82. The standard InChI is InChI=1S/C20H22ClN3O3/c1-14(23-24-20(26)12-15-7-9-17(21)10-8-15)11-19(25)22-13-16-5-3-4-6-18(16)27-2/h3-10H,11-13H2,1-2H3,(H,22,25)(H,24,26)/b23-14-. The van der Waals surface area contributed by atoms with Gasteiger partial charge in [-0.05, 0) is 30.7 Å². The van der Waals surface area contributed by atoms with Crippen LogP contribution in [0.5, 0.6) is 5.75 Å². The molecule has 0 fully saturated rings. The van der Waals surface area contributed by atoms with Crippen LogP contribution in [0.3, 0.4) is 0 Å². The molecule has 0 aliphatic rings. The molecular formula is C20H22ClN3O3. The van der Waals surface area contributed by atoms with Crippen LogP contribution in [0, 0.1) is 0 Å². The zero-order valence-corrected chi connectivity index (χ0v) is 16.0. The van der Waals surface area contributed by atoms with E-state index >= 15 is 0 Å². The van der Waals surface area contributed by atoms with Crippen LogP contribution in [-0.4, -0.2) is 24.6 Å². The Balaban J connectivity index is 1.77. The fraction of sp³-hybridized carbons (Fsp3) is 0.250. The Morgan fingerprint density at radius 2 is 1.78 bits per heavy atom. The molecule has 0 heterocycles. The van der Waals surface area contributed by atoms with Crippen molar-refractivity contribution in [2.75, 3.05) is 7.11 Å². The van der Waals surface area contributed by atoms with Gasteiger partial charge in [0.05, 0.1) is 20.0 Å². The van der Waals surface area contributed by atoms with E-state index in [2.05, 4.69) is 15.8 Å². The van der Waals surface area contributed by atoms with Crippen molar-refractivity contribution >= 4 is 29.1 Å². The Hall–Kier alpha value is -2.86. The maximum Gasteiger partial charge on any atom is 0.244 e. The molecule has 0 aliphatic heterocycles. The van der Waals surface area contributed by atoms with Gasteiger partial charge in [-0.25, -0.2) is 5.43 Å². The molecule has 0 bridgehead atoms. The fourth-order valence-corrected chi connectivity index (χ4v) is 2.49. The van der Waals surface area contributed by atoms with Crippen molar-refractivity contribution in [1.82, 2.24) is 10.7 Å². The maximum absolute atomic E-state index is 12.0. The third kappa shape index (κ3) is 7.11. The molecule has 2 N–H and O–H groups in total.